The lowest BCUT2D eigenvalue weighted by molar-refractivity contribution is 0.0791. The van der Waals surface area contributed by atoms with Crippen LogP contribution in [0.3, 0.4) is 0 Å². The number of likely N-dealkylation sites (tertiary alicyclic amines) is 1. The molecule has 0 unspecified atom stereocenters. The predicted octanol–water partition coefficient (Wildman–Crippen LogP) is 3.50. The Hall–Kier alpha value is -2.36. The van der Waals surface area contributed by atoms with Gasteiger partial charge in [0.25, 0.3) is 5.91 Å². The number of carbonyl (C=O) groups is 1. The normalized spacial score (nSPS) is 19.8. The lowest BCUT2D eigenvalue weighted by Crippen LogP contribution is -2.29. The average molecular weight is 336 g/mol. The molecular weight excluding hydrogens is 312 g/mol. The summed E-state index contributed by atoms with van der Waals surface area (Å²) in [5, 5.41) is 0. The van der Waals surface area contributed by atoms with Crippen LogP contribution in [0.4, 0.5) is 0 Å². The third-order valence-electron chi connectivity index (χ3n) is 5.26. The van der Waals surface area contributed by atoms with Crippen molar-refractivity contribution >= 4 is 5.91 Å². The van der Waals surface area contributed by atoms with E-state index < -0.39 is 0 Å². The number of aromatic nitrogens is 1. The molecule has 4 nitrogen and oxygen atoms in total. The second kappa shape index (κ2) is 7.26. The molecule has 1 aromatic carbocycles. The Labute approximate surface area is 148 Å². The molecule has 4 heteroatoms. The van der Waals surface area contributed by atoms with Crippen molar-refractivity contribution in [2.75, 3.05) is 19.7 Å². The summed E-state index contributed by atoms with van der Waals surface area (Å²) in [6, 6.07) is 12.1. The zero-order valence-electron chi connectivity index (χ0n) is 14.5. The van der Waals surface area contributed by atoms with E-state index in [1.807, 2.05) is 29.2 Å². The van der Waals surface area contributed by atoms with E-state index >= 15 is 0 Å². The Balaban J connectivity index is 1.54. The Kier molecular flexibility index (Phi) is 4.68. The maximum atomic E-state index is 12.8. The molecule has 25 heavy (non-hydrogen) atoms. The Morgan fingerprint density at radius 3 is 2.88 bits per heavy atom. The number of rotatable bonds is 3. The van der Waals surface area contributed by atoms with E-state index in [1.165, 1.54) is 5.56 Å². The molecule has 2 aliphatic rings. The summed E-state index contributed by atoms with van der Waals surface area (Å²) < 4.78 is 5.88. The summed E-state index contributed by atoms with van der Waals surface area (Å²) in [5.41, 5.74) is 2.97. The van der Waals surface area contributed by atoms with Gasteiger partial charge >= 0.3 is 0 Å². The molecular formula is C21H24N2O2. The highest BCUT2D eigenvalue weighted by Gasteiger charge is 2.24. The summed E-state index contributed by atoms with van der Waals surface area (Å²) in [6.07, 6.45) is 6.81. The first kappa shape index (κ1) is 16.1. The number of para-hydroxylation sites is 1. The van der Waals surface area contributed by atoms with Crippen LogP contribution in [0.15, 0.2) is 42.6 Å². The first-order chi connectivity index (χ1) is 12.3. The van der Waals surface area contributed by atoms with E-state index in [9.17, 15) is 4.79 Å². The highest BCUT2D eigenvalue weighted by molar-refractivity contribution is 5.95. The third-order valence-corrected chi connectivity index (χ3v) is 5.26. The van der Waals surface area contributed by atoms with Gasteiger partial charge in [-0.1, -0.05) is 18.2 Å². The molecule has 0 spiro atoms. The fourth-order valence-electron chi connectivity index (χ4n) is 3.90. The number of amides is 1. The average Bonchev–Trinajstić information content (AvgIpc) is 3.10. The molecule has 0 radical (unpaired) electrons. The highest BCUT2D eigenvalue weighted by atomic mass is 16.5. The van der Waals surface area contributed by atoms with E-state index in [2.05, 4.69) is 17.1 Å². The molecule has 1 atom stereocenters. The summed E-state index contributed by atoms with van der Waals surface area (Å²) in [4.78, 5) is 19.4. The maximum Gasteiger partial charge on any atom is 0.255 e. The van der Waals surface area contributed by atoms with Gasteiger partial charge in [0.2, 0.25) is 0 Å². The predicted molar refractivity (Wildman–Crippen MR) is 96.8 cm³/mol. The minimum absolute atomic E-state index is 0.144. The van der Waals surface area contributed by atoms with Crippen molar-refractivity contribution in [3.8, 4) is 5.75 Å². The van der Waals surface area contributed by atoms with Crippen LogP contribution in [-0.4, -0.2) is 35.5 Å². The lowest BCUT2D eigenvalue weighted by atomic mass is 9.91. The van der Waals surface area contributed by atoms with Gasteiger partial charge in [-0.25, -0.2) is 0 Å². The molecule has 0 saturated carbocycles. The van der Waals surface area contributed by atoms with Crippen LogP contribution in [0.2, 0.25) is 0 Å². The number of carbonyl (C=O) groups excluding carboxylic acids is 1. The molecule has 2 aromatic rings. The van der Waals surface area contributed by atoms with Gasteiger partial charge in [-0.05, 0) is 61.8 Å². The van der Waals surface area contributed by atoms with Gasteiger partial charge in [0, 0.05) is 19.3 Å². The van der Waals surface area contributed by atoms with Crippen molar-refractivity contribution in [2.45, 2.75) is 32.1 Å². The Morgan fingerprint density at radius 1 is 1.16 bits per heavy atom. The Bertz CT molecular complexity index is 753. The van der Waals surface area contributed by atoms with Gasteiger partial charge in [-0.15, -0.1) is 0 Å². The summed E-state index contributed by atoms with van der Waals surface area (Å²) in [5.74, 6) is 1.59. The summed E-state index contributed by atoms with van der Waals surface area (Å²) in [7, 11) is 0. The van der Waals surface area contributed by atoms with Crippen LogP contribution in [0.1, 0.15) is 40.9 Å². The zero-order chi connectivity index (χ0) is 17.1. The minimum atomic E-state index is 0.144. The van der Waals surface area contributed by atoms with Crippen molar-refractivity contribution in [2.24, 2.45) is 5.92 Å². The van der Waals surface area contributed by atoms with E-state index in [0.717, 1.165) is 68.8 Å². The van der Waals surface area contributed by atoms with Gasteiger partial charge < -0.3 is 9.64 Å². The number of fused-ring (bicyclic) bond motifs is 1. The first-order valence-electron chi connectivity index (χ1n) is 9.25. The molecule has 0 aliphatic carbocycles. The lowest BCUT2D eigenvalue weighted by Gasteiger charge is -2.19. The fraction of sp³-hybridized carbons (Fsp3) is 0.429. The van der Waals surface area contributed by atoms with Crippen LogP contribution in [0.5, 0.6) is 5.75 Å². The van der Waals surface area contributed by atoms with E-state index in [1.54, 1.807) is 6.20 Å². The van der Waals surface area contributed by atoms with Gasteiger partial charge in [0.15, 0.2) is 0 Å². The molecule has 2 aliphatic heterocycles. The van der Waals surface area contributed by atoms with E-state index in [0.29, 0.717) is 5.92 Å². The van der Waals surface area contributed by atoms with Crippen LogP contribution >= 0.6 is 0 Å². The summed E-state index contributed by atoms with van der Waals surface area (Å²) in [6.45, 7) is 2.47. The molecule has 130 valence electrons. The quantitative estimate of drug-likeness (QED) is 0.861. The smallest absolute Gasteiger partial charge is 0.255 e. The molecule has 0 N–H and O–H groups in total. The van der Waals surface area contributed by atoms with Crippen molar-refractivity contribution in [1.82, 2.24) is 9.88 Å². The second-order valence-corrected chi connectivity index (χ2v) is 7.02. The molecule has 1 aromatic heterocycles. The van der Waals surface area contributed by atoms with Crippen molar-refractivity contribution < 1.29 is 9.53 Å². The summed E-state index contributed by atoms with van der Waals surface area (Å²) >= 11 is 0. The van der Waals surface area contributed by atoms with Gasteiger partial charge in [0.05, 0.1) is 17.9 Å². The van der Waals surface area contributed by atoms with Crippen LogP contribution in [0, 0.1) is 5.92 Å². The van der Waals surface area contributed by atoms with E-state index in [-0.39, 0.29) is 5.91 Å². The third kappa shape index (κ3) is 3.53. The number of pyridine rings is 1. The van der Waals surface area contributed by atoms with Crippen LogP contribution in [-0.2, 0) is 12.8 Å². The van der Waals surface area contributed by atoms with Gasteiger partial charge in [-0.2, -0.15) is 0 Å². The minimum Gasteiger partial charge on any atom is -0.493 e. The standard InChI is InChI=1S/C21H24N2O2/c24-21(23-11-3-4-12-23)18-7-5-10-22-19(18)15-16-9-13-25-20-8-2-1-6-17(20)14-16/h1-2,5-8,10,16H,3-4,9,11-15H2/t16-/m0/s1. The monoisotopic (exact) mass is 336 g/mol. The number of ether oxygens (including phenoxy) is 1. The fourth-order valence-corrected chi connectivity index (χ4v) is 3.90. The van der Waals surface area contributed by atoms with E-state index in [4.69, 9.17) is 4.74 Å². The van der Waals surface area contributed by atoms with Crippen molar-refractivity contribution in [1.29, 1.82) is 0 Å². The number of benzene rings is 1. The highest BCUT2D eigenvalue weighted by Crippen LogP contribution is 2.29. The molecule has 1 fully saturated rings. The molecule has 4 rings (SSSR count). The zero-order valence-corrected chi connectivity index (χ0v) is 14.5. The topological polar surface area (TPSA) is 42.4 Å². The second-order valence-electron chi connectivity index (χ2n) is 7.02. The SMILES string of the molecule is O=C(c1cccnc1C[C@H]1CCOc2ccccc2C1)N1CCCC1. The van der Waals surface area contributed by atoms with Crippen LogP contribution in [0.25, 0.3) is 0 Å². The van der Waals surface area contributed by atoms with Crippen molar-refractivity contribution in [3.63, 3.8) is 0 Å². The number of hydrogen-bond acceptors (Lipinski definition) is 3. The first-order valence-corrected chi connectivity index (χ1v) is 9.25. The Morgan fingerprint density at radius 2 is 2.00 bits per heavy atom. The number of hydrogen-bond donors (Lipinski definition) is 0. The molecule has 3 heterocycles. The molecule has 1 saturated heterocycles. The molecule has 0 bridgehead atoms. The van der Waals surface area contributed by atoms with Gasteiger partial charge in [0.1, 0.15) is 5.75 Å². The maximum absolute atomic E-state index is 12.8. The largest absolute Gasteiger partial charge is 0.493 e. The van der Waals surface area contributed by atoms with Gasteiger partial charge in [-0.3, -0.25) is 9.78 Å². The number of nitrogens with zero attached hydrogens (tertiary/aromatic N) is 2. The van der Waals surface area contributed by atoms with Crippen molar-refractivity contribution in [3.05, 3.63) is 59.4 Å². The van der Waals surface area contributed by atoms with Crippen LogP contribution < -0.4 is 4.74 Å². The molecule has 1 amide bonds.